The van der Waals surface area contributed by atoms with Crippen LogP contribution in [0.4, 0.5) is 4.39 Å². The summed E-state index contributed by atoms with van der Waals surface area (Å²) in [7, 11) is 0. The van der Waals surface area contributed by atoms with Crippen LogP contribution in [-0.4, -0.2) is 25.5 Å². The van der Waals surface area contributed by atoms with Crippen molar-refractivity contribution in [3.05, 3.63) is 34.1 Å². The van der Waals surface area contributed by atoms with E-state index in [-0.39, 0.29) is 35.5 Å². The molecule has 1 saturated carbocycles. The molecule has 6 heteroatoms. The lowest BCUT2D eigenvalue weighted by Gasteiger charge is -2.23. The summed E-state index contributed by atoms with van der Waals surface area (Å²) in [6.07, 6.45) is 3.75. The predicted molar refractivity (Wildman–Crippen MR) is 90.7 cm³/mol. The van der Waals surface area contributed by atoms with Gasteiger partial charge in [-0.15, -0.1) is 12.4 Å². The largest absolute Gasteiger partial charge is 0.356 e. The second-order valence-electron chi connectivity index (χ2n) is 6.15. The molecule has 0 aromatic heterocycles. The van der Waals surface area contributed by atoms with Crippen LogP contribution in [0, 0.1) is 17.2 Å². The van der Waals surface area contributed by atoms with Gasteiger partial charge in [-0.25, -0.2) is 4.39 Å². The maximum absolute atomic E-state index is 13.6. The number of piperidine rings is 1. The van der Waals surface area contributed by atoms with Crippen molar-refractivity contribution in [2.45, 2.75) is 25.7 Å². The van der Waals surface area contributed by atoms with E-state index >= 15 is 0 Å². The van der Waals surface area contributed by atoms with Gasteiger partial charge >= 0.3 is 0 Å². The molecule has 1 atom stereocenters. The van der Waals surface area contributed by atoms with Crippen LogP contribution >= 0.6 is 28.3 Å². The molecule has 1 unspecified atom stereocenters. The quantitative estimate of drug-likeness (QED) is 0.828. The second-order valence-corrected chi connectivity index (χ2v) is 7.06. The van der Waals surface area contributed by atoms with E-state index in [4.69, 9.17) is 0 Å². The molecule has 0 bridgehead atoms. The molecule has 1 heterocycles. The van der Waals surface area contributed by atoms with Crippen molar-refractivity contribution in [1.29, 1.82) is 0 Å². The topological polar surface area (TPSA) is 41.1 Å². The second kappa shape index (κ2) is 7.28. The molecule has 0 radical (unpaired) electrons. The molecule has 3 nitrogen and oxygen atoms in total. The van der Waals surface area contributed by atoms with Crippen molar-refractivity contribution in [3.8, 4) is 0 Å². The van der Waals surface area contributed by atoms with Crippen LogP contribution in [0.1, 0.15) is 24.8 Å². The summed E-state index contributed by atoms with van der Waals surface area (Å²) in [5, 5.41) is 6.31. The van der Waals surface area contributed by atoms with Gasteiger partial charge in [-0.3, -0.25) is 4.79 Å². The Bertz CT molecular complexity index is 549. The lowest BCUT2D eigenvalue weighted by Crippen LogP contribution is -2.34. The van der Waals surface area contributed by atoms with Gasteiger partial charge in [0, 0.05) is 16.9 Å². The van der Waals surface area contributed by atoms with Gasteiger partial charge in [0.2, 0.25) is 5.91 Å². The van der Waals surface area contributed by atoms with Gasteiger partial charge in [-0.05, 0) is 68.0 Å². The number of benzene rings is 1. The van der Waals surface area contributed by atoms with Crippen LogP contribution in [0.2, 0.25) is 0 Å². The average Bonchev–Trinajstić information content (AvgIpc) is 3.17. The highest BCUT2D eigenvalue weighted by molar-refractivity contribution is 9.10. The molecule has 1 aromatic carbocycles. The zero-order chi connectivity index (χ0) is 14.9. The number of carbonyl (C=O) groups excluding carboxylic acids is 1. The molecule has 2 fully saturated rings. The third-order valence-electron chi connectivity index (χ3n) is 4.81. The summed E-state index contributed by atoms with van der Waals surface area (Å²) in [4.78, 5) is 12.2. The van der Waals surface area contributed by atoms with Gasteiger partial charge in [-0.1, -0.05) is 15.9 Å². The molecule has 1 aromatic rings. The fourth-order valence-electron chi connectivity index (χ4n) is 3.37. The van der Waals surface area contributed by atoms with Crippen molar-refractivity contribution in [2.24, 2.45) is 11.3 Å². The maximum atomic E-state index is 13.6. The molecule has 22 heavy (non-hydrogen) atoms. The summed E-state index contributed by atoms with van der Waals surface area (Å²) in [5.41, 5.74) is 0.896. The minimum atomic E-state index is -0.214. The Morgan fingerprint density at radius 2 is 2.14 bits per heavy atom. The van der Waals surface area contributed by atoms with Crippen molar-refractivity contribution in [1.82, 2.24) is 10.6 Å². The Morgan fingerprint density at radius 3 is 2.86 bits per heavy atom. The van der Waals surface area contributed by atoms with Crippen molar-refractivity contribution in [3.63, 3.8) is 0 Å². The Balaban J connectivity index is 0.00000176. The molecule has 2 N–H and O–H groups in total. The van der Waals surface area contributed by atoms with Gasteiger partial charge in [0.15, 0.2) is 0 Å². The highest BCUT2D eigenvalue weighted by Crippen LogP contribution is 2.58. The highest BCUT2D eigenvalue weighted by atomic mass is 79.9. The van der Waals surface area contributed by atoms with Crippen molar-refractivity contribution >= 4 is 34.2 Å². The normalized spacial score (nSPS) is 22.0. The number of halogens is 3. The van der Waals surface area contributed by atoms with E-state index in [9.17, 15) is 9.18 Å². The number of carbonyl (C=O) groups is 1. The van der Waals surface area contributed by atoms with Crippen LogP contribution < -0.4 is 10.6 Å². The third kappa shape index (κ3) is 3.81. The molecule has 3 rings (SSSR count). The van der Waals surface area contributed by atoms with Gasteiger partial charge in [0.05, 0.1) is 0 Å². The first-order valence-corrected chi connectivity index (χ1v) is 8.32. The fourth-order valence-corrected chi connectivity index (χ4v) is 3.78. The monoisotopic (exact) mass is 390 g/mol. The van der Waals surface area contributed by atoms with Crippen molar-refractivity contribution < 1.29 is 9.18 Å². The van der Waals surface area contributed by atoms with E-state index in [1.54, 1.807) is 12.1 Å². The first kappa shape index (κ1) is 17.7. The van der Waals surface area contributed by atoms with Crippen LogP contribution in [0.15, 0.2) is 22.7 Å². The van der Waals surface area contributed by atoms with Crippen LogP contribution in [0.5, 0.6) is 0 Å². The molecule has 122 valence electrons. The van der Waals surface area contributed by atoms with Gasteiger partial charge in [0.1, 0.15) is 5.82 Å². The first-order valence-electron chi connectivity index (χ1n) is 7.53. The molecule has 1 spiro atoms. The molecule has 1 saturated heterocycles. The fraction of sp³-hybridized carbons (Fsp3) is 0.562. The third-order valence-corrected chi connectivity index (χ3v) is 5.30. The summed E-state index contributed by atoms with van der Waals surface area (Å²) in [6.45, 7) is 2.54. The lowest BCUT2D eigenvalue weighted by atomic mass is 9.92. The van der Waals surface area contributed by atoms with E-state index in [2.05, 4.69) is 26.6 Å². The lowest BCUT2D eigenvalue weighted by molar-refractivity contribution is -0.123. The van der Waals surface area contributed by atoms with E-state index in [1.807, 2.05) is 0 Å². The number of nitrogens with one attached hydrogen (secondary N) is 2. The Hall–Kier alpha value is -0.650. The molecule has 1 aliphatic carbocycles. The van der Waals surface area contributed by atoms with Crippen LogP contribution in [0.25, 0.3) is 0 Å². The molecular formula is C16H21BrClFN2O. The minimum absolute atomic E-state index is 0. The van der Waals surface area contributed by atoms with Gasteiger partial charge in [0.25, 0.3) is 0 Å². The zero-order valence-corrected chi connectivity index (χ0v) is 14.7. The average molecular weight is 392 g/mol. The Kier molecular flexibility index (Phi) is 5.86. The Labute approximate surface area is 145 Å². The van der Waals surface area contributed by atoms with E-state index in [0.29, 0.717) is 18.5 Å². The summed E-state index contributed by atoms with van der Waals surface area (Å²) in [6, 6.07) is 4.90. The molecule has 2 aliphatic rings. The van der Waals surface area contributed by atoms with Crippen LogP contribution in [0.3, 0.4) is 0 Å². The van der Waals surface area contributed by atoms with E-state index in [1.165, 1.54) is 6.07 Å². The number of hydrogen-bond acceptors (Lipinski definition) is 2. The molecular weight excluding hydrogens is 371 g/mol. The van der Waals surface area contributed by atoms with Crippen LogP contribution in [-0.2, 0) is 11.2 Å². The SMILES string of the molecule is Cl.O=C(NCCc1cc(Br)ccc1F)C1CC12CCNCC2. The first-order chi connectivity index (χ1) is 10.1. The van der Waals surface area contributed by atoms with E-state index in [0.717, 1.165) is 36.8 Å². The van der Waals surface area contributed by atoms with E-state index < -0.39 is 0 Å². The molecule has 1 aliphatic heterocycles. The molecule has 1 amide bonds. The highest BCUT2D eigenvalue weighted by Gasteiger charge is 2.57. The minimum Gasteiger partial charge on any atom is -0.356 e. The van der Waals surface area contributed by atoms with Gasteiger partial charge in [-0.2, -0.15) is 0 Å². The smallest absolute Gasteiger partial charge is 0.223 e. The zero-order valence-electron chi connectivity index (χ0n) is 12.3. The number of rotatable bonds is 4. The number of amides is 1. The van der Waals surface area contributed by atoms with Gasteiger partial charge < -0.3 is 10.6 Å². The standard InChI is InChI=1S/C16H20BrFN2O.ClH/c17-12-1-2-14(18)11(9-12)3-6-20-15(21)13-10-16(13)4-7-19-8-5-16;/h1-2,9,13,19H,3-8,10H2,(H,20,21);1H. The number of hydrogen-bond donors (Lipinski definition) is 2. The maximum Gasteiger partial charge on any atom is 0.223 e. The summed E-state index contributed by atoms with van der Waals surface area (Å²) < 4.78 is 14.5. The summed E-state index contributed by atoms with van der Waals surface area (Å²) in [5.74, 6) is 0.105. The predicted octanol–water partition coefficient (Wildman–Crippen LogP) is 3.06. The Morgan fingerprint density at radius 1 is 1.41 bits per heavy atom. The van der Waals surface area contributed by atoms with Crippen molar-refractivity contribution in [2.75, 3.05) is 19.6 Å². The summed E-state index contributed by atoms with van der Waals surface area (Å²) >= 11 is 3.34.